The molecular formula is C14H13N3O2. The van der Waals surface area contributed by atoms with Crippen molar-refractivity contribution < 1.29 is 9.52 Å². The van der Waals surface area contributed by atoms with Gasteiger partial charge in [0.25, 0.3) is 0 Å². The predicted octanol–water partition coefficient (Wildman–Crippen LogP) is 3.00. The van der Waals surface area contributed by atoms with Gasteiger partial charge >= 0.3 is 0 Å². The molecule has 1 aromatic carbocycles. The molecule has 3 aromatic rings. The van der Waals surface area contributed by atoms with Gasteiger partial charge in [-0.25, -0.2) is 9.97 Å². The van der Waals surface area contributed by atoms with E-state index in [1.165, 1.54) is 6.33 Å². The number of hydrogen-bond donors (Lipinski definition) is 1. The summed E-state index contributed by atoms with van der Waals surface area (Å²) in [5, 5.41) is 10.2. The van der Waals surface area contributed by atoms with Crippen LogP contribution in [0.2, 0.25) is 0 Å². The summed E-state index contributed by atoms with van der Waals surface area (Å²) in [6.45, 7) is 1.96. The van der Waals surface area contributed by atoms with E-state index in [1.807, 2.05) is 31.0 Å². The molecule has 0 aliphatic heterocycles. The van der Waals surface area contributed by atoms with Crippen LogP contribution in [0, 0.1) is 6.92 Å². The molecular weight excluding hydrogens is 242 g/mol. The summed E-state index contributed by atoms with van der Waals surface area (Å²) in [6, 6.07) is 6.95. The standard InChI is InChI=1S/C14H13N3O2/c1-9-7-19-14-12(9)13(15-8-16-14)17(2)10-3-5-11(18)6-4-10/h3-8,18H,1-2H3. The van der Waals surface area contributed by atoms with E-state index >= 15 is 0 Å². The average molecular weight is 255 g/mol. The molecule has 96 valence electrons. The molecule has 0 aliphatic carbocycles. The third-order valence-corrected chi connectivity index (χ3v) is 3.09. The quantitative estimate of drug-likeness (QED) is 0.762. The van der Waals surface area contributed by atoms with Crippen LogP contribution in [-0.2, 0) is 0 Å². The highest BCUT2D eigenvalue weighted by molar-refractivity contribution is 5.91. The van der Waals surface area contributed by atoms with Crippen molar-refractivity contribution in [1.29, 1.82) is 0 Å². The van der Waals surface area contributed by atoms with Gasteiger partial charge in [-0.15, -0.1) is 0 Å². The lowest BCUT2D eigenvalue weighted by molar-refractivity contribution is 0.475. The number of rotatable bonds is 2. The fraction of sp³-hybridized carbons (Fsp3) is 0.143. The van der Waals surface area contributed by atoms with Gasteiger partial charge in [0.2, 0.25) is 5.71 Å². The van der Waals surface area contributed by atoms with Crippen LogP contribution in [0.15, 0.2) is 41.3 Å². The summed E-state index contributed by atoms with van der Waals surface area (Å²) in [6.07, 6.45) is 3.16. The monoisotopic (exact) mass is 255 g/mol. The molecule has 19 heavy (non-hydrogen) atoms. The summed E-state index contributed by atoms with van der Waals surface area (Å²) in [7, 11) is 1.92. The fourth-order valence-corrected chi connectivity index (χ4v) is 2.05. The number of aryl methyl sites for hydroxylation is 1. The predicted molar refractivity (Wildman–Crippen MR) is 72.7 cm³/mol. The van der Waals surface area contributed by atoms with Crippen LogP contribution in [0.25, 0.3) is 11.1 Å². The van der Waals surface area contributed by atoms with E-state index < -0.39 is 0 Å². The Labute approximate surface area is 110 Å². The number of fused-ring (bicyclic) bond motifs is 1. The van der Waals surface area contributed by atoms with Crippen molar-refractivity contribution in [3.05, 3.63) is 42.4 Å². The zero-order valence-electron chi connectivity index (χ0n) is 10.7. The van der Waals surface area contributed by atoms with E-state index in [1.54, 1.807) is 18.4 Å². The number of benzene rings is 1. The highest BCUT2D eigenvalue weighted by atomic mass is 16.3. The number of nitrogens with zero attached hydrogens (tertiary/aromatic N) is 3. The van der Waals surface area contributed by atoms with Gasteiger partial charge in [-0.3, -0.25) is 0 Å². The minimum Gasteiger partial charge on any atom is -0.508 e. The Morgan fingerprint density at radius 2 is 1.89 bits per heavy atom. The second kappa shape index (κ2) is 4.28. The maximum absolute atomic E-state index is 9.33. The van der Waals surface area contributed by atoms with Gasteiger partial charge in [-0.2, -0.15) is 0 Å². The van der Waals surface area contributed by atoms with Crippen molar-refractivity contribution in [2.45, 2.75) is 6.92 Å². The molecule has 0 saturated heterocycles. The second-order valence-electron chi connectivity index (χ2n) is 4.37. The van der Waals surface area contributed by atoms with Gasteiger partial charge in [-0.1, -0.05) is 0 Å². The molecule has 0 atom stereocenters. The smallest absolute Gasteiger partial charge is 0.231 e. The van der Waals surface area contributed by atoms with Gasteiger partial charge in [0.05, 0.1) is 11.6 Å². The van der Waals surface area contributed by atoms with Gasteiger partial charge in [0.15, 0.2) is 0 Å². The summed E-state index contributed by atoms with van der Waals surface area (Å²) in [4.78, 5) is 10.4. The van der Waals surface area contributed by atoms with Crippen LogP contribution in [0.1, 0.15) is 5.56 Å². The molecule has 0 fully saturated rings. The molecule has 0 radical (unpaired) electrons. The van der Waals surface area contributed by atoms with E-state index in [4.69, 9.17) is 4.42 Å². The highest BCUT2D eigenvalue weighted by Crippen LogP contribution is 2.31. The van der Waals surface area contributed by atoms with Crippen molar-refractivity contribution in [3.63, 3.8) is 0 Å². The van der Waals surface area contributed by atoms with Gasteiger partial charge in [0.1, 0.15) is 17.9 Å². The van der Waals surface area contributed by atoms with E-state index in [0.717, 1.165) is 22.5 Å². The van der Waals surface area contributed by atoms with Crippen molar-refractivity contribution in [3.8, 4) is 5.75 Å². The molecule has 0 bridgehead atoms. The Morgan fingerprint density at radius 1 is 1.16 bits per heavy atom. The van der Waals surface area contributed by atoms with Crippen LogP contribution in [0.5, 0.6) is 5.75 Å². The number of aromatic hydroxyl groups is 1. The molecule has 2 aromatic heterocycles. The first-order valence-corrected chi connectivity index (χ1v) is 5.88. The molecule has 0 amide bonds. The Morgan fingerprint density at radius 3 is 2.63 bits per heavy atom. The fourth-order valence-electron chi connectivity index (χ4n) is 2.05. The number of furan rings is 1. The van der Waals surface area contributed by atoms with Crippen molar-refractivity contribution in [1.82, 2.24) is 9.97 Å². The first-order valence-electron chi connectivity index (χ1n) is 5.88. The molecule has 0 saturated carbocycles. The van der Waals surface area contributed by atoms with E-state index in [9.17, 15) is 5.11 Å². The molecule has 5 heteroatoms. The first-order chi connectivity index (χ1) is 9.16. The maximum Gasteiger partial charge on any atom is 0.231 e. The summed E-state index contributed by atoms with van der Waals surface area (Å²) in [5.74, 6) is 1.02. The Kier molecular flexibility index (Phi) is 2.59. The molecule has 0 spiro atoms. The number of hydrogen-bond acceptors (Lipinski definition) is 5. The lowest BCUT2D eigenvalue weighted by atomic mass is 10.2. The van der Waals surface area contributed by atoms with Crippen LogP contribution >= 0.6 is 0 Å². The number of anilines is 2. The third-order valence-electron chi connectivity index (χ3n) is 3.09. The Bertz CT molecular complexity index is 719. The minimum absolute atomic E-state index is 0.240. The Balaban J connectivity index is 2.13. The topological polar surface area (TPSA) is 62.4 Å². The number of phenols is 1. The molecule has 5 nitrogen and oxygen atoms in total. The van der Waals surface area contributed by atoms with Crippen molar-refractivity contribution in [2.24, 2.45) is 0 Å². The minimum atomic E-state index is 0.240. The van der Waals surface area contributed by atoms with Crippen LogP contribution in [0.3, 0.4) is 0 Å². The molecule has 0 unspecified atom stereocenters. The molecule has 3 rings (SSSR count). The van der Waals surface area contributed by atoms with Crippen LogP contribution in [-0.4, -0.2) is 22.1 Å². The average Bonchev–Trinajstić information content (AvgIpc) is 2.81. The first kappa shape index (κ1) is 11.5. The number of phenolic OH excluding ortho intramolecular Hbond substituents is 1. The summed E-state index contributed by atoms with van der Waals surface area (Å²) < 4.78 is 5.38. The number of aromatic nitrogens is 2. The van der Waals surface area contributed by atoms with Crippen LogP contribution < -0.4 is 4.90 Å². The Hall–Kier alpha value is -2.56. The van der Waals surface area contributed by atoms with E-state index in [0.29, 0.717) is 5.71 Å². The van der Waals surface area contributed by atoms with Crippen molar-refractivity contribution in [2.75, 3.05) is 11.9 Å². The van der Waals surface area contributed by atoms with Gasteiger partial charge in [0, 0.05) is 18.3 Å². The molecule has 1 N–H and O–H groups in total. The second-order valence-corrected chi connectivity index (χ2v) is 4.37. The zero-order valence-corrected chi connectivity index (χ0v) is 10.7. The molecule has 2 heterocycles. The van der Waals surface area contributed by atoms with Gasteiger partial charge in [-0.05, 0) is 31.2 Å². The SMILES string of the molecule is Cc1coc2ncnc(N(C)c3ccc(O)cc3)c12. The lowest BCUT2D eigenvalue weighted by Crippen LogP contribution is -2.11. The summed E-state index contributed by atoms with van der Waals surface area (Å²) >= 11 is 0. The van der Waals surface area contributed by atoms with E-state index in [-0.39, 0.29) is 5.75 Å². The van der Waals surface area contributed by atoms with Crippen LogP contribution in [0.4, 0.5) is 11.5 Å². The van der Waals surface area contributed by atoms with Gasteiger partial charge < -0.3 is 14.4 Å². The largest absolute Gasteiger partial charge is 0.508 e. The third kappa shape index (κ3) is 1.89. The van der Waals surface area contributed by atoms with E-state index in [2.05, 4.69) is 9.97 Å². The molecule has 0 aliphatic rings. The summed E-state index contributed by atoms with van der Waals surface area (Å²) in [5.41, 5.74) is 2.50. The normalized spacial score (nSPS) is 10.8. The lowest BCUT2D eigenvalue weighted by Gasteiger charge is -2.18. The zero-order chi connectivity index (χ0) is 13.4. The maximum atomic E-state index is 9.33. The van der Waals surface area contributed by atoms with Crippen molar-refractivity contribution >= 4 is 22.6 Å². The highest BCUT2D eigenvalue weighted by Gasteiger charge is 2.14.